The molecule has 1 aliphatic heterocycles. The van der Waals surface area contributed by atoms with E-state index in [9.17, 15) is 0 Å². The lowest BCUT2D eigenvalue weighted by atomic mass is 10.2. The molecule has 27 heavy (non-hydrogen) atoms. The van der Waals surface area contributed by atoms with Gasteiger partial charge in [0, 0.05) is 31.8 Å². The molecule has 0 aromatic carbocycles. The summed E-state index contributed by atoms with van der Waals surface area (Å²) in [4.78, 5) is 0. The molecule has 0 amide bonds. The maximum atomic E-state index is 5.97. The zero-order valence-electron chi connectivity index (χ0n) is 17.2. The van der Waals surface area contributed by atoms with Crippen molar-refractivity contribution < 1.29 is 37.0 Å². The first kappa shape index (κ1) is 24.9. The van der Waals surface area contributed by atoms with Crippen LogP contribution in [0, 0.1) is 5.92 Å². The van der Waals surface area contributed by atoms with E-state index in [2.05, 4.69) is 0 Å². The molecule has 1 saturated heterocycles. The van der Waals surface area contributed by atoms with E-state index in [0.717, 1.165) is 0 Å². The van der Waals surface area contributed by atoms with E-state index in [1.807, 2.05) is 20.8 Å². The standard InChI is InChI=1S/C18H38O8Si/c1-4-24-27(25-5-2,26-6-3)17-18-15-22-13-11-20-9-7-19-8-10-21-12-14-23-16-18/h18H,4-17H2,1-3H3. The zero-order valence-corrected chi connectivity index (χ0v) is 18.2. The van der Waals surface area contributed by atoms with Gasteiger partial charge in [-0.3, -0.25) is 0 Å². The molecule has 0 spiro atoms. The fourth-order valence-corrected chi connectivity index (χ4v) is 5.62. The Hall–Kier alpha value is -0.103. The summed E-state index contributed by atoms with van der Waals surface area (Å²) in [6.45, 7) is 13.1. The van der Waals surface area contributed by atoms with Crippen LogP contribution in [0.4, 0.5) is 0 Å². The van der Waals surface area contributed by atoms with Crippen molar-refractivity contribution in [1.29, 1.82) is 0 Å². The second-order valence-corrected chi connectivity index (χ2v) is 8.68. The SMILES string of the molecule is CCO[Si](CC1COCCOCCOCCOCCOC1)(OCC)OCC. The summed E-state index contributed by atoms with van der Waals surface area (Å²) in [5.41, 5.74) is 0. The number of hydrogen-bond donors (Lipinski definition) is 0. The molecule has 0 atom stereocenters. The van der Waals surface area contributed by atoms with Crippen LogP contribution in [-0.4, -0.2) is 94.7 Å². The highest BCUT2D eigenvalue weighted by Gasteiger charge is 2.42. The smallest absolute Gasteiger partial charge is 0.379 e. The first-order valence-electron chi connectivity index (χ1n) is 10.1. The zero-order chi connectivity index (χ0) is 19.6. The van der Waals surface area contributed by atoms with Gasteiger partial charge in [-0.25, -0.2) is 0 Å². The summed E-state index contributed by atoms with van der Waals surface area (Å²) in [6.07, 6.45) is 0. The van der Waals surface area contributed by atoms with Crippen molar-refractivity contribution in [2.45, 2.75) is 26.8 Å². The predicted octanol–water partition coefficient (Wildman–Crippen LogP) is 1.75. The van der Waals surface area contributed by atoms with E-state index in [1.165, 1.54) is 0 Å². The topological polar surface area (TPSA) is 73.8 Å². The van der Waals surface area contributed by atoms with Crippen LogP contribution in [-0.2, 0) is 37.0 Å². The van der Waals surface area contributed by atoms with E-state index >= 15 is 0 Å². The number of ether oxygens (including phenoxy) is 5. The van der Waals surface area contributed by atoms with Crippen LogP contribution in [0.5, 0.6) is 0 Å². The third-order valence-electron chi connectivity index (χ3n) is 3.83. The summed E-state index contributed by atoms with van der Waals surface area (Å²) >= 11 is 0. The van der Waals surface area contributed by atoms with E-state index in [4.69, 9.17) is 37.0 Å². The van der Waals surface area contributed by atoms with Gasteiger partial charge in [-0.2, -0.15) is 0 Å². The molecule has 1 heterocycles. The molecule has 0 aromatic rings. The minimum Gasteiger partial charge on any atom is -0.379 e. The summed E-state index contributed by atoms with van der Waals surface area (Å²) in [5.74, 6) is 0.123. The molecule has 9 heteroatoms. The first-order valence-corrected chi connectivity index (χ1v) is 12.0. The molecule has 0 aromatic heterocycles. The molecule has 0 N–H and O–H groups in total. The molecule has 162 valence electrons. The van der Waals surface area contributed by atoms with Gasteiger partial charge in [0.15, 0.2) is 0 Å². The third kappa shape index (κ3) is 12.1. The lowest BCUT2D eigenvalue weighted by Gasteiger charge is -2.31. The summed E-state index contributed by atoms with van der Waals surface area (Å²) in [5, 5.41) is 0. The predicted molar refractivity (Wildman–Crippen MR) is 103 cm³/mol. The second-order valence-electron chi connectivity index (χ2n) is 6.04. The third-order valence-corrected chi connectivity index (χ3v) is 7.09. The molecule has 0 unspecified atom stereocenters. The van der Waals surface area contributed by atoms with Gasteiger partial charge in [0.05, 0.1) is 66.1 Å². The molecule has 0 bridgehead atoms. The summed E-state index contributed by atoms with van der Waals surface area (Å²) in [6, 6.07) is 0.665. The molecular weight excluding hydrogens is 372 g/mol. The van der Waals surface area contributed by atoms with Gasteiger partial charge in [-0.1, -0.05) is 0 Å². The Bertz CT molecular complexity index is 301. The van der Waals surface area contributed by atoms with Gasteiger partial charge in [0.2, 0.25) is 0 Å². The average molecular weight is 411 g/mol. The van der Waals surface area contributed by atoms with Crippen LogP contribution in [0.25, 0.3) is 0 Å². The van der Waals surface area contributed by atoms with Crippen LogP contribution < -0.4 is 0 Å². The molecular formula is C18H38O8Si. The van der Waals surface area contributed by atoms with Crippen LogP contribution >= 0.6 is 0 Å². The van der Waals surface area contributed by atoms with Crippen molar-refractivity contribution in [2.24, 2.45) is 5.92 Å². The van der Waals surface area contributed by atoms with Crippen molar-refractivity contribution >= 4 is 8.80 Å². The quantitative estimate of drug-likeness (QED) is 0.561. The Morgan fingerprint density at radius 3 is 1.26 bits per heavy atom. The molecule has 1 aliphatic rings. The van der Waals surface area contributed by atoms with Crippen molar-refractivity contribution in [1.82, 2.24) is 0 Å². The summed E-state index contributed by atoms with van der Waals surface area (Å²) < 4.78 is 45.9. The molecule has 0 saturated carbocycles. The van der Waals surface area contributed by atoms with Crippen LogP contribution in [0.1, 0.15) is 20.8 Å². The Labute approximate surface area is 165 Å². The number of hydrogen-bond acceptors (Lipinski definition) is 8. The minimum absolute atomic E-state index is 0.123. The van der Waals surface area contributed by atoms with Gasteiger partial charge >= 0.3 is 8.80 Å². The Morgan fingerprint density at radius 2 is 0.926 bits per heavy atom. The normalized spacial score (nSPS) is 20.6. The monoisotopic (exact) mass is 410 g/mol. The second kappa shape index (κ2) is 16.8. The molecule has 1 fully saturated rings. The Kier molecular flexibility index (Phi) is 15.5. The Morgan fingerprint density at radius 1 is 0.593 bits per heavy atom. The Balaban J connectivity index is 2.60. The van der Waals surface area contributed by atoms with Crippen molar-refractivity contribution in [3.63, 3.8) is 0 Å². The molecule has 1 rings (SSSR count). The van der Waals surface area contributed by atoms with E-state index < -0.39 is 8.80 Å². The number of rotatable bonds is 8. The van der Waals surface area contributed by atoms with Crippen molar-refractivity contribution in [2.75, 3.05) is 85.9 Å². The minimum atomic E-state index is -2.75. The van der Waals surface area contributed by atoms with E-state index in [1.54, 1.807) is 0 Å². The molecule has 0 radical (unpaired) electrons. The van der Waals surface area contributed by atoms with Crippen molar-refractivity contribution in [3.8, 4) is 0 Å². The fraction of sp³-hybridized carbons (Fsp3) is 1.00. The van der Waals surface area contributed by atoms with Crippen LogP contribution in [0.3, 0.4) is 0 Å². The lowest BCUT2D eigenvalue weighted by molar-refractivity contribution is -0.0339. The molecule has 8 nitrogen and oxygen atoms in total. The van der Waals surface area contributed by atoms with E-state index in [-0.39, 0.29) is 5.92 Å². The van der Waals surface area contributed by atoms with E-state index in [0.29, 0.717) is 91.9 Å². The van der Waals surface area contributed by atoms with Gasteiger partial charge in [0.1, 0.15) is 0 Å². The molecule has 0 aliphatic carbocycles. The lowest BCUT2D eigenvalue weighted by Crippen LogP contribution is -2.48. The highest BCUT2D eigenvalue weighted by Crippen LogP contribution is 2.23. The first-order chi connectivity index (χ1) is 13.3. The maximum Gasteiger partial charge on any atom is 0.501 e. The fourth-order valence-electron chi connectivity index (χ4n) is 2.76. The van der Waals surface area contributed by atoms with Gasteiger partial charge < -0.3 is 37.0 Å². The van der Waals surface area contributed by atoms with Crippen LogP contribution in [0.15, 0.2) is 0 Å². The van der Waals surface area contributed by atoms with Crippen molar-refractivity contribution in [3.05, 3.63) is 0 Å². The van der Waals surface area contributed by atoms with Gasteiger partial charge in [0.25, 0.3) is 0 Å². The maximum absolute atomic E-state index is 5.97. The highest BCUT2D eigenvalue weighted by atomic mass is 28.4. The highest BCUT2D eigenvalue weighted by molar-refractivity contribution is 6.60. The van der Waals surface area contributed by atoms with Gasteiger partial charge in [-0.15, -0.1) is 0 Å². The summed E-state index contributed by atoms with van der Waals surface area (Å²) in [7, 11) is -2.75. The largest absolute Gasteiger partial charge is 0.501 e. The van der Waals surface area contributed by atoms with Gasteiger partial charge in [-0.05, 0) is 20.8 Å². The average Bonchev–Trinajstić information content (AvgIpc) is 2.64. The van der Waals surface area contributed by atoms with Crippen LogP contribution in [0.2, 0.25) is 6.04 Å².